The number of para-hydroxylation sites is 1. The van der Waals surface area contributed by atoms with E-state index in [1.807, 2.05) is 42.5 Å². The Morgan fingerprint density at radius 3 is 2.11 bits per heavy atom. The Bertz CT molecular complexity index is 959. The van der Waals surface area contributed by atoms with E-state index in [1.165, 1.54) is 25.1 Å². The average Bonchev–Trinajstić information content (AvgIpc) is 2.74. The van der Waals surface area contributed by atoms with Gasteiger partial charge in [0, 0.05) is 5.56 Å². The molecule has 0 radical (unpaired) electrons. The largest absolute Gasteiger partial charge is 0.478 e. The number of hydrazine groups is 1. The Hall–Kier alpha value is -3.67. The minimum absolute atomic E-state index is 0.0343. The molecule has 0 aromatic heterocycles. The maximum absolute atomic E-state index is 13.6. The second kappa shape index (κ2) is 8.81. The summed E-state index contributed by atoms with van der Waals surface area (Å²) in [5.41, 5.74) is 7.02. The van der Waals surface area contributed by atoms with Gasteiger partial charge in [-0.2, -0.15) is 0 Å². The van der Waals surface area contributed by atoms with Crippen LogP contribution in [0.1, 0.15) is 17.3 Å². The highest BCUT2D eigenvalue weighted by atomic mass is 19.1. The van der Waals surface area contributed by atoms with Crippen molar-refractivity contribution in [2.75, 3.05) is 0 Å². The third-order valence-electron chi connectivity index (χ3n) is 4.06. The van der Waals surface area contributed by atoms with Crippen molar-refractivity contribution in [2.24, 2.45) is 0 Å². The number of benzene rings is 3. The van der Waals surface area contributed by atoms with Crippen LogP contribution in [0.25, 0.3) is 11.1 Å². The second-order valence-corrected chi connectivity index (χ2v) is 6.08. The summed E-state index contributed by atoms with van der Waals surface area (Å²) >= 11 is 0. The number of carbonyl (C=O) groups is 2. The van der Waals surface area contributed by atoms with E-state index in [9.17, 15) is 14.0 Å². The van der Waals surface area contributed by atoms with Gasteiger partial charge in [-0.3, -0.25) is 20.4 Å². The number of nitrogens with one attached hydrogen (secondary N) is 2. The third-order valence-corrected chi connectivity index (χ3v) is 4.06. The Morgan fingerprint density at radius 1 is 0.821 bits per heavy atom. The minimum atomic E-state index is -0.988. The maximum atomic E-state index is 13.6. The first-order chi connectivity index (χ1) is 13.5. The molecule has 3 aromatic rings. The van der Waals surface area contributed by atoms with Crippen LogP contribution >= 0.6 is 0 Å². The summed E-state index contributed by atoms with van der Waals surface area (Å²) in [6.07, 6.45) is -0.988. The minimum Gasteiger partial charge on any atom is -0.478 e. The van der Waals surface area contributed by atoms with Crippen molar-refractivity contribution in [2.45, 2.75) is 13.0 Å². The lowest BCUT2D eigenvalue weighted by Crippen LogP contribution is -2.47. The Labute approximate surface area is 162 Å². The predicted molar refractivity (Wildman–Crippen MR) is 104 cm³/mol. The van der Waals surface area contributed by atoms with E-state index in [-0.39, 0.29) is 5.75 Å². The molecule has 1 atom stereocenters. The number of carbonyl (C=O) groups excluding carboxylic acids is 2. The highest BCUT2D eigenvalue weighted by Crippen LogP contribution is 2.19. The molecule has 0 unspecified atom stereocenters. The lowest BCUT2D eigenvalue weighted by molar-refractivity contribution is -0.128. The van der Waals surface area contributed by atoms with Crippen LogP contribution in [0, 0.1) is 5.82 Å². The van der Waals surface area contributed by atoms with Crippen molar-refractivity contribution in [3.8, 4) is 16.9 Å². The van der Waals surface area contributed by atoms with E-state index in [4.69, 9.17) is 4.74 Å². The molecule has 0 saturated carbocycles. The normalized spacial score (nSPS) is 11.4. The average molecular weight is 378 g/mol. The number of ether oxygens (including phenoxy) is 1. The number of hydrogen-bond donors (Lipinski definition) is 2. The van der Waals surface area contributed by atoms with Gasteiger partial charge in [0.2, 0.25) is 0 Å². The van der Waals surface area contributed by atoms with Crippen LogP contribution in [0.3, 0.4) is 0 Å². The summed E-state index contributed by atoms with van der Waals surface area (Å²) in [6.45, 7) is 1.46. The van der Waals surface area contributed by atoms with Crippen LogP contribution in [0.5, 0.6) is 5.75 Å². The van der Waals surface area contributed by atoms with Crippen LogP contribution in [0.15, 0.2) is 78.9 Å². The second-order valence-electron chi connectivity index (χ2n) is 6.08. The molecule has 0 aliphatic heterocycles. The van der Waals surface area contributed by atoms with Gasteiger partial charge in [0.15, 0.2) is 17.7 Å². The fourth-order valence-electron chi connectivity index (χ4n) is 2.52. The van der Waals surface area contributed by atoms with Gasteiger partial charge < -0.3 is 4.74 Å². The summed E-state index contributed by atoms with van der Waals surface area (Å²) in [5.74, 6) is -1.67. The van der Waals surface area contributed by atoms with Crippen LogP contribution < -0.4 is 15.6 Å². The molecule has 0 heterocycles. The summed E-state index contributed by atoms with van der Waals surface area (Å²) in [4.78, 5) is 24.3. The van der Waals surface area contributed by atoms with Gasteiger partial charge in [-0.25, -0.2) is 4.39 Å². The Balaban J connectivity index is 1.54. The Morgan fingerprint density at radius 2 is 1.43 bits per heavy atom. The van der Waals surface area contributed by atoms with Gasteiger partial charge in [0.25, 0.3) is 11.8 Å². The smallest absolute Gasteiger partial charge is 0.279 e. The molecule has 0 bridgehead atoms. The van der Waals surface area contributed by atoms with Gasteiger partial charge in [0.1, 0.15) is 0 Å². The molecular weight excluding hydrogens is 359 g/mol. The summed E-state index contributed by atoms with van der Waals surface area (Å²) in [7, 11) is 0. The topological polar surface area (TPSA) is 67.4 Å². The predicted octanol–water partition coefficient (Wildman–Crippen LogP) is 3.72. The van der Waals surface area contributed by atoms with Crippen LogP contribution in [-0.4, -0.2) is 17.9 Å². The van der Waals surface area contributed by atoms with E-state index in [2.05, 4.69) is 10.9 Å². The zero-order chi connectivity index (χ0) is 19.9. The monoisotopic (exact) mass is 378 g/mol. The molecule has 142 valence electrons. The zero-order valence-electron chi connectivity index (χ0n) is 15.2. The van der Waals surface area contributed by atoms with E-state index in [0.29, 0.717) is 5.56 Å². The van der Waals surface area contributed by atoms with E-state index < -0.39 is 23.7 Å². The van der Waals surface area contributed by atoms with Gasteiger partial charge >= 0.3 is 0 Å². The molecular formula is C22H19FN2O3. The van der Waals surface area contributed by atoms with Gasteiger partial charge in [-0.15, -0.1) is 0 Å². The molecule has 3 aromatic carbocycles. The fourth-order valence-corrected chi connectivity index (χ4v) is 2.52. The molecule has 5 nitrogen and oxygen atoms in total. The number of amides is 2. The first-order valence-electron chi connectivity index (χ1n) is 8.71. The molecule has 2 amide bonds. The fraction of sp³-hybridized carbons (Fsp3) is 0.0909. The van der Waals surface area contributed by atoms with Crippen molar-refractivity contribution < 1.29 is 18.7 Å². The lowest BCUT2D eigenvalue weighted by atomic mass is 10.0. The summed E-state index contributed by atoms with van der Waals surface area (Å²) in [6, 6.07) is 22.6. The summed E-state index contributed by atoms with van der Waals surface area (Å²) < 4.78 is 18.8. The maximum Gasteiger partial charge on any atom is 0.279 e. The molecule has 0 aliphatic carbocycles. The Kier molecular flexibility index (Phi) is 6.01. The van der Waals surface area contributed by atoms with Crippen molar-refractivity contribution in [1.82, 2.24) is 10.9 Å². The standard InChI is InChI=1S/C22H19FN2O3/c1-15(28-20-10-6-5-9-19(20)23)21(26)24-25-22(27)18-13-11-17(12-14-18)16-7-3-2-4-8-16/h2-15H,1H3,(H,24,26)(H,25,27)/t15-/m0/s1. The molecule has 0 spiro atoms. The number of halogens is 1. The molecule has 0 saturated heterocycles. The summed E-state index contributed by atoms with van der Waals surface area (Å²) in [5, 5.41) is 0. The van der Waals surface area contributed by atoms with Gasteiger partial charge in [-0.1, -0.05) is 54.6 Å². The van der Waals surface area contributed by atoms with E-state index >= 15 is 0 Å². The van der Waals surface area contributed by atoms with Gasteiger partial charge in [0.05, 0.1) is 0 Å². The third kappa shape index (κ3) is 4.73. The van der Waals surface area contributed by atoms with Crippen LogP contribution in [0.4, 0.5) is 4.39 Å². The lowest BCUT2D eigenvalue weighted by Gasteiger charge is -2.15. The first kappa shape index (κ1) is 19.1. The highest BCUT2D eigenvalue weighted by molar-refractivity contribution is 5.96. The van der Waals surface area contributed by atoms with Crippen molar-refractivity contribution in [3.05, 3.63) is 90.2 Å². The highest BCUT2D eigenvalue weighted by Gasteiger charge is 2.17. The van der Waals surface area contributed by atoms with Crippen LogP contribution in [0.2, 0.25) is 0 Å². The molecule has 28 heavy (non-hydrogen) atoms. The zero-order valence-corrected chi connectivity index (χ0v) is 15.2. The van der Waals surface area contributed by atoms with Crippen molar-refractivity contribution >= 4 is 11.8 Å². The van der Waals surface area contributed by atoms with E-state index in [0.717, 1.165) is 11.1 Å². The van der Waals surface area contributed by atoms with Crippen LogP contribution in [-0.2, 0) is 4.79 Å². The SMILES string of the molecule is C[C@H](Oc1ccccc1F)C(=O)NNC(=O)c1ccc(-c2ccccc2)cc1. The van der Waals surface area contributed by atoms with Gasteiger partial charge in [-0.05, 0) is 42.3 Å². The molecule has 2 N–H and O–H groups in total. The number of hydrogen-bond acceptors (Lipinski definition) is 3. The number of rotatable bonds is 5. The molecule has 0 aliphatic rings. The quantitative estimate of drug-likeness (QED) is 0.665. The molecule has 6 heteroatoms. The van der Waals surface area contributed by atoms with Crippen molar-refractivity contribution in [3.63, 3.8) is 0 Å². The van der Waals surface area contributed by atoms with E-state index in [1.54, 1.807) is 18.2 Å². The molecule has 0 fully saturated rings. The molecule has 3 rings (SSSR count). The first-order valence-corrected chi connectivity index (χ1v) is 8.71. The van der Waals surface area contributed by atoms with Crippen molar-refractivity contribution in [1.29, 1.82) is 0 Å².